The molecule has 0 aliphatic carbocycles. The van der Waals surface area contributed by atoms with Crippen LogP contribution in [0, 0.1) is 0 Å². The molecule has 2 N–H and O–H groups in total. The molecule has 6 heteroatoms. The summed E-state index contributed by atoms with van der Waals surface area (Å²) in [4.78, 5) is 8.92. The number of thiocarbonyl (C=S) groups is 1. The first kappa shape index (κ1) is 16.2. The number of hydrogen-bond acceptors (Lipinski definition) is 3. The topological polar surface area (TPSA) is 54.8 Å². The minimum Gasteiger partial charge on any atom is -0.317 e. The maximum atomic E-state index is 5.43. The highest BCUT2D eigenvalue weighted by molar-refractivity contribution is 7.80. The van der Waals surface area contributed by atoms with E-state index in [-0.39, 0.29) is 0 Å². The van der Waals surface area contributed by atoms with E-state index in [1.807, 2.05) is 54.6 Å². The van der Waals surface area contributed by atoms with Crippen molar-refractivity contribution in [1.29, 1.82) is 0 Å². The van der Waals surface area contributed by atoms with Crippen LogP contribution in [0.25, 0.3) is 11.0 Å². The molecule has 2 heterocycles. The van der Waals surface area contributed by atoms with Crippen LogP contribution in [0.5, 0.6) is 0 Å². The summed E-state index contributed by atoms with van der Waals surface area (Å²) in [5.74, 6) is 1.39. The van der Waals surface area contributed by atoms with Crippen LogP contribution in [-0.4, -0.2) is 19.6 Å². The van der Waals surface area contributed by atoms with Crippen molar-refractivity contribution in [3.8, 4) is 0 Å². The van der Waals surface area contributed by atoms with E-state index in [0.29, 0.717) is 23.4 Å². The second kappa shape index (κ2) is 7.33. The highest BCUT2D eigenvalue weighted by Crippen LogP contribution is 2.21. The van der Waals surface area contributed by atoms with Crippen LogP contribution < -0.4 is 10.6 Å². The summed E-state index contributed by atoms with van der Waals surface area (Å²) in [7, 11) is 0. The Morgan fingerprint density at radius 1 is 0.885 bits per heavy atom. The fourth-order valence-electron chi connectivity index (χ4n) is 2.78. The zero-order valence-corrected chi connectivity index (χ0v) is 14.8. The van der Waals surface area contributed by atoms with Gasteiger partial charge in [-0.1, -0.05) is 48.5 Å². The second-order valence-electron chi connectivity index (χ2n) is 5.79. The maximum absolute atomic E-state index is 5.43. The quantitative estimate of drug-likeness (QED) is 0.533. The highest BCUT2D eigenvalue weighted by atomic mass is 32.1. The molecular formula is C20H17N5S. The molecule has 4 aromatic rings. The van der Waals surface area contributed by atoms with E-state index < -0.39 is 0 Å². The molecule has 2 aromatic heterocycles. The molecule has 0 fully saturated rings. The predicted octanol–water partition coefficient (Wildman–Crippen LogP) is 4.29. The summed E-state index contributed by atoms with van der Waals surface area (Å²) in [6, 6.07) is 24.0. The average Bonchev–Trinajstić information content (AvgIpc) is 3.00. The van der Waals surface area contributed by atoms with Gasteiger partial charge in [-0.15, -0.1) is 0 Å². The van der Waals surface area contributed by atoms with Crippen LogP contribution in [0.2, 0.25) is 0 Å². The second-order valence-corrected chi connectivity index (χ2v) is 6.20. The van der Waals surface area contributed by atoms with Crippen molar-refractivity contribution in [1.82, 2.24) is 14.5 Å². The summed E-state index contributed by atoms with van der Waals surface area (Å²) in [6.07, 6.45) is 1.72. The maximum Gasteiger partial charge on any atom is 0.210 e. The van der Waals surface area contributed by atoms with Crippen molar-refractivity contribution >= 4 is 40.1 Å². The Hall–Kier alpha value is -3.25. The van der Waals surface area contributed by atoms with Gasteiger partial charge in [0.05, 0.1) is 17.6 Å². The Balaban J connectivity index is 1.63. The van der Waals surface area contributed by atoms with E-state index in [4.69, 9.17) is 17.2 Å². The van der Waals surface area contributed by atoms with Crippen molar-refractivity contribution < 1.29 is 0 Å². The molecule has 5 nitrogen and oxygen atoms in total. The standard InChI is InChI=1S/C20H17N5S/c26-20(23-18-12-6-7-13-21-18)24-19-22-16-10-4-5-11-17(16)25(19)14-15-8-2-1-3-9-15/h1-13H,14H2,(H2,21,22,23,24,26). The molecule has 2 aromatic carbocycles. The molecule has 0 bridgehead atoms. The van der Waals surface area contributed by atoms with Crippen molar-refractivity contribution in [3.05, 3.63) is 84.6 Å². The lowest BCUT2D eigenvalue weighted by Gasteiger charge is -2.12. The number of anilines is 2. The lowest BCUT2D eigenvalue weighted by Crippen LogP contribution is -2.22. The summed E-state index contributed by atoms with van der Waals surface area (Å²) in [5, 5.41) is 6.73. The molecular weight excluding hydrogens is 342 g/mol. The van der Waals surface area contributed by atoms with E-state index >= 15 is 0 Å². The van der Waals surface area contributed by atoms with Gasteiger partial charge in [0, 0.05) is 6.20 Å². The third kappa shape index (κ3) is 3.55. The largest absolute Gasteiger partial charge is 0.317 e. The molecule has 0 amide bonds. The van der Waals surface area contributed by atoms with E-state index in [9.17, 15) is 0 Å². The zero-order valence-electron chi connectivity index (χ0n) is 14.0. The first-order valence-corrected chi connectivity index (χ1v) is 8.69. The Morgan fingerprint density at radius 3 is 2.46 bits per heavy atom. The lowest BCUT2D eigenvalue weighted by atomic mass is 10.2. The van der Waals surface area contributed by atoms with E-state index in [2.05, 4.69) is 38.4 Å². The van der Waals surface area contributed by atoms with Gasteiger partial charge in [-0.3, -0.25) is 0 Å². The fourth-order valence-corrected chi connectivity index (χ4v) is 2.98. The predicted molar refractivity (Wildman–Crippen MR) is 109 cm³/mol. The molecule has 26 heavy (non-hydrogen) atoms. The highest BCUT2D eigenvalue weighted by Gasteiger charge is 2.12. The van der Waals surface area contributed by atoms with Gasteiger partial charge in [-0.25, -0.2) is 9.97 Å². The minimum absolute atomic E-state index is 0.452. The Kier molecular flexibility index (Phi) is 4.57. The fraction of sp³-hybridized carbons (Fsp3) is 0.0500. The number of nitrogens with one attached hydrogen (secondary N) is 2. The lowest BCUT2D eigenvalue weighted by molar-refractivity contribution is 0.837. The first-order valence-electron chi connectivity index (χ1n) is 8.28. The van der Waals surface area contributed by atoms with Crippen LogP contribution in [0.1, 0.15) is 5.56 Å². The number of fused-ring (bicyclic) bond motifs is 1. The number of imidazole rings is 1. The van der Waals surface area contributed by atoms with E-state index in [0.717, 1.165) is 11.0 Å². The number of para-hydroxylation sites is 2. The monoisotopic (exact) mass is 359 g/mol. The molecule has 0 radical (unpaired) electrons. The summed E-state index contributed by atoms with van der Waals surface area (Å²) in [5.41, 5.74) is 3.17. The molecule has 128 valence electrons. The summed E-state index contributed by atoms with van der Waals surface area (Å²) >= 11 is 5.43. The third-order valence-electron chi connectivity index (χ3n) is 3.97. The molecule has 4 rings (SSSR count). The average molecular weight is 359 g/mol. The van der Waals surface area contributed by atoms with Crippen LogP contribution in [-0.2, 0) is 6.54 Å². The Labute approximate surface area is 156 Å². The van der Waals surface area contributed by atoms with Crippen molar-refractivity contribution in [2.75, 3.05) is 10.6 Å². The van der Waals surface area contributed by atoms with Crippen LogP contribution in [0.4, 0.5) is 11.8 Å². The van der Waals surface area contributed by atoms with Gasteiger partial charge in [-0.05, 0) is 42.0 Å². The molecule has 0 spiro atoms. The summed E-state index contributed by atoms with van der Waals surface area (Å²) in [6.45, 7) is 0.704. The Morgan fingerprint density at radius 2 is 1.65 bits per heavy atom. The smallest absolute Gasteiger partial charge is 0.210 e. The van der Waals surface area contributed by atoms with E-state index in [1.165, 1.54) is 5.56 Å². The van der Waals surface area contributed by atoms with Crippen molar-refractivity contribution in [2.24, 2.45) is 0 Å². The Bertz CT molecular complexity index is 1030. The van der Waals surface area contributed by atoms with Crippen LogP contribution >= 0.6 is 12.2 Å². The van der Waals surface area contributed by atoms with Crippen molar-refractivity contribution in [3.63, 3.8) is 0 Å². The number of nitrogens with zero attached hydrogens (tertiary/aromatic N) is 3. The number of hydrogen-bond donors (Lipinski definition) is 2. The van der Waals surface area contributed by atoms with Gasteiger partial charge in [0.1, 0.15) is 5.82 Å². The van der Waals surface area contributed by atoms with Gasteiger partial charge in [0.25, 0.3) is 0 Å². The molecule has 0 saturated heterocycles. The van der Waals surface area contributed by atoms with Crippen molar-refractivity contribution in [2.45, 2.75) is 6.54 Å². The van der Waals surface area contributed by atoms with E-state index in [1.54, 1.807) is 6.20 Å². The number of rotatable bonds is 4. The van der Waals surface area contributed by atoms with Crippen LogP contribution in [0.15, 0.2) is 79.0 Å². The van der Waals surface area contributed by atoms with Crippen LogP contribution in [0.3, 0.4) is 0 Å². The van der Waals surface area contributed by atoms with Gasteiger partial charge in [-0.2, -0.15) is 0 Å². The van der Waals surface area contributed by atoms with Gasteiger partial charge in [0.2, 0.25) is 5.95 Å². The zero-order chi connectivity index (χ0) is 17.8. The normalized spacial score (nSPS) is 10.6. The molecule has 0 aliphatic heterocycles. The molecule has 0 unspecified atom stereocenters. The number of aromatic nitrogens is 3. The minimum atomic E-state index is 0.452. The van der Waals surface area contributed by atoms with Gasteiger partial charge in [0.15, 0.2) is 5.11 Å². The first-order chi connectivity index (χ1) is 12.8. The molecule has 0 aliphatic rings. The third-order valence-corrected chi connectivity index (χ3v) is 4.17. The SMILES string of the molecule is S=C(Nc1ccccn1)Nc1nc2ccccc2n1Cc1ccccc1. The summed E-state index contributed by atoms with van der Waals surface area (Å²) < 4.78 is 2.12. The number of pyridine rings is 1. The van der Waals surface area contributed by atoms with Gasteiger partial charge < -0.3 is 15.2 Å². The molecule has 0 saturated carbocycles. The van der Waals surface area contributed by atoms with Gasteiger partial charge >= 0.3 is 0 Å². The molecule has 0 atom stereocenters. The number of benzene rings is 2.